The van der Waals surface area contributed by atoms with Crippen LogP contribution in [-0.2, 0) is 6.54 Å². The molecular weight excluding hydrogens is 150 g/mol. The number of nitrogens with one attached hydrogen (secondary N) is 2. The van der Waals surface area contributed by atoms with Crippen LogP contribution in [0.3, 0.4) is 0 Å². The molecule has 2 N–H and O–H groups in total. The van der Waals surface area contributed by atoms with Crippen molar-refractivity contribution in [2.45, 2.75) is 26.4 Å². The van der Waals surface area contributed by atoms with E-state index >= 15 is 0 Å². The van der Waals surface area contributed by atoms with Gasteiger partial charge in [-0.3, -0.25) is 10.4 Å². The minimum Gasteiger partial charge on any atom is -0.298 e. The fourth-order valence-corrected chi connectivity index (χ4v) is 0.866. The van der Waals surface area contributed by atoms with E-state index in [-0.39, 0.29) is 6.04 Å². The predicted molar refractivity (Wildman–Crippen MR) is 48.5 cm³/mol. The molecule has 1 aromatic rings. The van der Waals surface area contributed by atoms with Crippen molar-refractivity contribution in [1.82, 2.24) is 15.5 Å². The number of aromatic nitrogens is 2. The standard InChI is InChI=1S/C9H13N3/c1-4-8(3)10-6-9-7(2)5-11-12-9/h1,5,8,10H,6H2,2-3H3,(H,11,12). The van der Waals surface area contributed by atoms with Crippen molar-refractivity contribution in [3.05, 3.63) is 17.5 Å². The highest BCUT2D eigenvalue weighted by molar-refractivity contribution is 5.13. The molecule has 1 rings (SSSR count). The first-order valence-corrected chi connectivity index (χ1v) is 3.92. The molecule has 1 aromatic heterocycles. The zero-order valence-corrected chi connectivity index (χ0v) is 7.39. The van der Waals surface area contributed by atoms with Crippen LogP contribution < -0.4 is 5.32 Å². The lowest BCUT2D eigenvalue weighted by Gasteiger charge is -2.05. The van der Waals surface area contributed by atoms with Gasteiger partial charge < -0.3 is 0 Å². The number of nitrogens with zero attached hydrogens (tertiary/aromatic N) is 1. The molecule has 0 aliphatic heterocycles. The SMILES string of the molecule is C#CC(C)NCc1[nH]ncc1C. The van der Waals surface area contributed by atoms with Gasteiger partial charge >= 0.3 is 0 Å². The Morgan fingerprint density at radius 1 is 1.83 bits per heavy atom. The minimum absolute atomic E-state index is 0.104. The number of H-pyrrole nitrogens is 1. The van der Waals surface area contributed by atoms with Crippen LogP contribution in [-0.4, -0.2) is 16.2 Å². The van der Waals surface area contributed by atoms with Crippen molar-refractivity contribution in [1.29, 1.82) is 0 Å². The van der Waals surface area contributed by atoms with Crippen LogP contribution in [0.5, 0.6) is 0 Å². The topological polar surface area (TPSA) is 40.7 Å². The molecule has 0 fully saturated rings. The lowest BCUT2D eigenvalue weighted by molar-refractivity contribution is 0.634. The summed E-state index contributed by atoms with van der Waals surface area (Å²) in [7, 11) is 0. The van der Waals surface area contributed by atoms with Gasteiger partial charge in [-0.25, -0.2) is 0 Å². The second kappa shape index (κ2) is 3.93. The van der Waals surface area contributed by atoms with Gasteiger partial charge in [0.05, 0.1) is 17.9 Å². The highest BCUT2D eigenvalue weighted by atomic mass is 15.1. The van der Waals surface area contributed by atoms with Gasteiger partial charge in [-0.15, -0.1) is 6.42 Å². The molecule has 1 atom stereocenters. The van der Waals surface area contributed by atoms with E-state index in [9.17, 15) is 0 Å². The van der Waals surface area contributed by atoms with Crippen molar-refractivity contribution < 1.29 is 0 Å². The first-order chi connectivity index (χ1) is 5.74. The minimum atomic E-state index is 0.104. The molecule has 0 aromatic carbocycles. The summed E-state index contributed by atoms with van der Waals surface area (Å²) >= 11 is 0. The Labute approximate surface area is 72.6 Å². The van der Waals surface area contributed by atoms with Crippen LogP contribution in [0.2, 0.25) is 0 Å². The van der Waals surface area contributed by atoms with Crippen molar-refractivity contribution >= 4 is 0 Å². The van der Waals surface area contributed by atoms with E-state index in [1.165, 1.54) is 0 Å². The van der Waals surface area contributed by atoms with Gasteiger partial charge in [-0.05, 0) is 19.4 Å². The second-order valence-electron chi connectivity index (χ2n) is 2.80. The molecule has 0 saturated heterocycles. The monoisotopic (exact) mass is 163 g/mol. The molecule has 0 aliphatic carbocycles. The summed E-state index contributed by atoms with van der Waals surface area (Å²) in [6.07, 6.45) is 7.01. The third-order valence-electron chi connectivity index (χ3n) is 1.77. The molecule has 0 bridgehead atoms. The molecule has 1 unspecified atom stereocenters. The van der Waals surface area contributed by atoms with Crippen LogP contribution in [0.4, 0.5) is 0 Å². The summed E-state index contributed by atoms with van der Waals surface area (Å²) in [5.74, 6) is 2.60. The van der Waals surface area contributed by atoms with Crippen LogP contribution in [0.15, 0.2) is 6.20 Å². The van der Waals surface area contributed by atoms with Crippen LogP contribution in [0, 0.1) is 19.3 Å². The third kappa shape index (κ3) is 2.11. The Balaban J connectivity index is 2.44. The average Bonchev–Trinajstić information content (AvgIpc) is 2.47. The fraction of sp³-hybridized carbons (Fsp3) is 0.444. The van der Waals surface area contributed by atoms with E-state index in [1.54, 1.807) is 6.20 Å². The lowest BCUT2D eigenvalue weighted by Crippen LogP contribution is -2.24. The van der Waals surface area contributed by atoms with Gasteiger partial charge in [0.25, 0.3) is 0 Å². The second-order valence-corrected chi connectivity index (χ2v) is 2.80. The van der Waals surface area contributed by atoms with Crippen LogP contribution >= 0.6 is 0 Å². The summed E-state index contributed by atoms with van der Waals surface area (Å²) in [6.45, 7) is 4.71. The number of aryl methyl sites for hydroxylation is 1. The maximum Gasteiger partial charge on any atom is 0.0661 e. The first-order valence-electron chi connectivity index (χ1n) is 3.92. The van der Waals surface area contributed by atoms with Gasteiger partial charge in [0, 0.05) is 6.54 Å². The highest BCUT2D eigenvalue weighted by Crippen LogP contribution is 2.00. The number of hydrogen-bond donors (Lipinski definition) is 2. The summed E-state index contributed by atoms with van der Waals surface area (Å²) in [5, 5.41) is 9.98. The zero-order valence-electron chi connectivity index (χ0n) is 7.39. The number of terminal acetylenes is 1. The molecule has 0 aliphatic rings. The summed E-state index contributed by atoms with van der Waals surface area (Å²) in [5.41, 5.74) is 2.25. The summed E-state index contributed by atoms with van der Waals surface area (Å²) < 4.78 is 0. The predicted octanol–water partition coefficient (Wildman–Crippen LogP) is 0.829. The lowest BCUT2D eigenvalue weighted by atomic mass is 10.2. The Hall–Kier alpha value is -1.27. The molecule has 0 spiro atoms. The molecular formula is C9H13N3. The van der Waals surface area contributed by atoms with Gasteiger partial charge in [0.2, 0.25) is 0 Å². The Bertz CT molecular complexity index is 282. The van der Waals surface area contributed by atoms with E-state index in [1.807, 2.05) is 13.8 Å². The summed E-state index contributed by atoms with van der Waals surface area (Å²) in [4.78, 5) is 0. The molecule has 0 amide bonds. The van der Waals surface area contributed by atoms with Crippen molar-refractivity contribution in [2.75, 3.05) is 0 Å². The summed E-state index contributed by atoms with van der Waals surface area (Å²) in [6, 6.07) is 0.104. The molecule has 3 nitrogen and oxygen atoms in total. The molecule has 0 radical (unpaired) electrons. The average molecular weight is 163 g/mol. The van der Waals surface area contributed by atoms with Gasteiger partial charge in [0.1, 0.15) is 0 Å². The maximum atomic E-state index is 5.21. The number of aromatic amines is 1. The van der Waals surface area contributed by atoms with Crippen LogP contribution in [0.25, 0.3) is 0 Å². The highest BCUT2D eigenvalue weighted by Gasteiger charge is 2.00. The Morgan fingerprint density at radius 2 is 2.58 bits per heavy atom. The normalized spacial score (nSPS) is 12.4. The van der Waals surface area contributed by atoms with Gasteiger partial charge in [-0.1, -0.05) is 5.92 Å². The van der Waals surface area contributed by atoms with Crippen molar-refractivity contribution in [3.8, 4) is 12.3 Å². The molecule has 0 saturated carbocycles. The van der Waals surface area contributed by atoms with Gasteiger partial charge in [0.15, 0.2) is 0 Å². The van der Waals surface area contributed by atoms with Crippen LogP contribution in [0.1, 0.15) is 18.2 Å². The Morgan fingerprint density at radius 3 is 3.08 bits per heavy atom. The van der Waals surface area contributed by atoms with Crippen molar-refractivity contribution in [2.24, 2.45) is 0 Å². The van der Waals surface area contributed by atoms with Gasteiger partial charge in [-0.2, -0.15) is 5.10 Å². The number of rotatable bonds is 3. The molecule has 64 valence electrons. The number of hydrogen-bond acceptors (Lipinski definition) is 2. The molecule has 12 heavy (non-hydrogen) atoms. The van der Waals surface area contributed by atoms with E-state index in [2.05, 4.69) is 21.4 Å². The smallest absolute Gasteiger partial charge is 0.0661 e. The van der Waals surface area contributed by atoms with Crippen molar-refractivity contribution in [3.63, 3.8) is 0 Å². The third-order valence-corrected chi connectivity index (χ3v) is 1.77. The zero-order chi connectivity index (χ0) is 8.97. The quantitative estimate of drug-likeness (QED) is 0.648. The molecule has 3 heteroatoms. The Kier molecular flexibility index (Phi) is 2.89. The van der Waals surface area contributed by atoms with E-state index in [0.29, 0.717) is 0 Å². The van der Waals surface area contributed by atoms with E-state index in [0.717, 1.165) is 17.8 Å². The van der Waals surface area contributed by atoms with E-state index < -0.39 is 0 Å². The molecule has 1 heterocycles. The first kappa shape index (κ1) is 8.82. The maximum absolute atomic E-state index is 5.21. The fourth-order valence-electron chi connectivity index (χ4n) is 0.866. The van der Waals surface area contributed by atoms with E-state index in [4.69, 9.17) is 6.42 Å². The largest absolute Gasteiger partial charge is 0.298 e.